The molecule has 6 nitrogen and oxygen atoms in total. The second kappa shape index (κ2) is 10.7. The van der Waals surface area contributed by atoms with Crippen molar-refractivity contribution in [1.29, 1.82) is 0 Å². The number of carbonyl (C=O) groups is 1. The molecule has 0 radical (unpaired) electrons. The quantitative estimate of drug-likeness (QED) is 0.549. The van der Waals surface area contributed by atoms with Crippen LogP contribution in [0.1, 0.15) is 37.0 Å². The fourth-order valence-electron chi connectivity index (χ4n) is 2.54. The Morgan fingerprint density at radius 1 is 1.00 bits per heavy atom. The Morgan fingerprint density at radius 3 is 2.39 bits per heavy atom. The van der Waals surface area contributed by atoms with Crippen LogP contribution in [-0.2, 0) is 0 Å². The van der Waals surface area contributed by atoms with Gasteiger partial charge in [0.2, 0.25) is 0 Å². The number of rotatable bonds is 10. The van der Waals surface area contributed by atoms with Gasteiger partial charge in [0.15, 0.2) is 23.0 Å². The number of hydrogen-bond donors (Lipinski definition) is 1. The topological polar surface area (TPSA) is 66.0 Å². The lowest BCUT2D eigenvalue weighted by atomic mass is 10.1. The van der Waals surface area contributed by atoms with Crippen LogP contribution < -0.4 is 24.3 Å². The Labute approximate surface area is 170 Å². The molecule has 2 aromatic rings. The van der Waals surface area contributed by atoms with Crippen LogP contribution in [0.5, 0.6) is 23.0 Å². The molecule has 0 unspecified atom stereocenters. The number of hydrogen-bond acceptors (Lipinski definition) is 5. The van der Waals surface area contributed by atoms with Gasteiger partial charge in [0, 0.05) is 17.3 Å². The lowest BCUT2D eigenvalue weighted by molar-refractivity contribution is 0.102. The van der Waals surface area contributed by atoms with Crippen molar-refractivity contribution in [2.45, 2.75) is 26.7 Å². The summed E-state index contributed by atoms with van der Waals surface area (Å²) in [5, 5.41) is 3.16. The first-order chi connectivity index (χ1) is 13.5. The largest absolute Gasteiger partial charge is 0.493 e. The standard InChI is InChI=1S/C21H26ClNO5/c1-5-7-10-28-20-16(22)11-14(12-19(20)27-6-2)21(24)23-15-8-9-17(25-3)18(13-15)26-4/h8-9,11-13H,5-7,10H2,1-4H3,(H,23,24). The van der Waals surface area contributed by atoms with Crippen LogP contribution in [0.3, 0.4) is 0 Å². The number of benzene rings is 2. The Morgan fingerprint density at radius 2 is 1.75 bits per heavy atom. The van der Waals surface area contributed by atoms with E-state index in [1.165, 1.54) is 7.11 Å². The fraction of sp³-hybridized carbons (Fsp3) is 0.381. The van der Waals surface area contributed by atoms with Gasteiger partial charge in [-0.1, -0.05) is 24.9 Å². The van der Waals surface area contributed by atoms with Crippen molar-refractivity contribution in [2.24, 2.45) is 0 Å². The molecule has 0 aliphatic carbocycles. The zero-order valence-electron chi connectivity index (χ0n) is 16.6. The van der Waals surface area contributed by atoms with E-state index in [0.29, 0.717) is 52.5 Å². The minimum Gasteiger partial charge on any atom is -0.493 e. The third-order valence-electron chi connectivity index (χ3n) is 3.96. The highest BCUT2D eigenvalue weighted by Gasteiger charge is 2.17. The molecule has 0 heterocycles. The van der Waals surface area contributed by atoms with Crippen molar-refractivity contribution < 1.29 is 23.7 Å². The maximum absolute atomic E-state index is 12.7. The molecule has 28 heavy (non-hydrogen) atoms. The van der Waals surface area contributed by atoms with E-state index in [0.717, 1.165) is 12.8 Å². The van der Waals surface area contributed by atoms with Gasteiger partial charge in [0.1, 0.15) is 0 Å². The first kappa shape index (κ1) is 21.7. The molecule has 0 atom stereocenters. The van der Waals surface area contributed by atoms with Crippen molar-refractivity contribution in [3.63, 3.8) is 0 Å². The molecule has 0 saturated carbocycles. The van der Waals surface area contributed by atoms with Gasteiger partial charge in [-0.3, -0.25) is 4.79 Å². The average Bonchev–Trinajstić information content (AvgIpc) is 2.69. The second-order valence-corrected chi connectivity index (χ2v) is 6.35. The van der Waals surface area contributed by atoms with Crippen LogP contribution in [0.25, 0.3) is 0 Å². The smallest absolute Gasteiger partial charge is 0.255 e. The number of carbonyl (C=O) groups excluding carboxylic acids is 1. The van der Waals surface area contributed by atoms with Crippen LogP contribution in [0.4, 0.5) is 5.69 Å². The summed E-state index contributed by atoms with van der Waals surface area (Å²) in [5.41, 5.74) is 0.936. The Hall–Kier alpha value is -2.60. The highest BCUT2D eigenvalue weighted by molar-refractivity contribution is 6.32. The van der Waals surface area contributed by atoms with E-state index in [1.54, 1.807) is 37.4 Å². The summed E-state index contributed by atoms with van der Waals surface area (Å²) in [4.78, 5) is 12.7. The van der Waals surface area contributed by atoms with E-state index >= 15 is 0 Å². The monoisotopic (exact) mass is 407 g/mol. The van der Waals surface area contributed by atoms with Crippen molar-refractivity contribution in [1.82, 2.24) is 0 Å². The number of amides is 1. The van der Waals surface area contributed by atoms with Gasteiger partial charge in [0.25, 0.3) is 5.91 Å². The molecule has 0 aromatic heterocycles. The predicted octanol–water partition coefficient (Wildman–Crippen LogP) is 5.19. The number of anilines is 1. The Bertz CT molecular complexity index is 810. The fourth-order valence-corrected chi connectivity index (χ4v) is 2.80. The third kappa shape index (κ3) is 5.45. The predicted molar refractivity (Wildman–Crippen MR) is 111 cm³/mol. The Balaban J connectivity index is 2.25. The van der Waals surface area contributed by atoms with Crippen molar-refractivity contribution in [3.8, 4) is 23.0 Å². The number of unbranched alkanes of at least 4 members (excludes halogenated alkanes) is 1. The molecule has 2 rings (SSSR count). The van der Waals surface area contributed by atoms with Gasteiger partial charge in [-0.25, -0.2) is 0 Å². The first-order valence-corrected chi connectivity index (χ1v) is 9.54. The van der Waals surface area contributed by atoms with Gasteiger partial charge >= 0.3 is 0 Å². The van der Waals surface area contributed by atoms with Gasteiger partial charge < -0.3 is 24.3 Å². The molecule has 152 valence electrons. The van der Waals surface area contributed by atoms with E-state index in [-0.39, 0.29) is 5.91 Å². The number of ether oxygens (including phenoxy) is 4. The normalized spacial score (nSPS) is 10.3. The van der Waals surface area contributed by atoms with Crippen LogP contribution in [0.15, 0.2) is 30.3 Å². The molecule has 1 N–H and O–H groups in total. The minimum atomic E-state index is -0.324. The highest BCUT2D eigenvalue weighted by Crippen LogP contribution is 2.37. The van der Waals surface area contributed by atoms with Crippen molar-refractivity contribution >= 4 is 23.2 Å². The minimum absolute atomic E-state index is 0.324. The summed E-state index contributed by atoms with van der Waals surface area (Å²) >= 11 is 6.36. The van der Waals surface area contributed by atoms with Gasteiger partial charge in [-0.2, -0.15) is 0 Å². The van der Waals surface area contributed by atoms with Gasteiger partial charge in [-0.05, 0) is 37.6 Å². The summed E-state index contributed by atoms with van der Waals surface area (Å²) < 4.78 is 21.9. The summed E-state index contributed by atoms with van der Waals surface area (Å²) in [6, 6.07) is 8.34. The number of halogens is 1. The van der Waals surface area contributed by atoms with Crippen LogP contribution in [0, 0.1) is 0 Å². The van der Waals surface area contributed by atoms with Gasteiger partial charge in [0.05, 0.1) is 32.5 Å². The van der Waals surface area contributed by atoms with Crippen molar-refractivity contribution in [3.05, 3.63) is 40.9 Å². The zero-order chi connectivity index (χ0) is 20.5. The lowest BCUT2D eigenvalue weighted by Gasteiger charge is -2.15. The molecule has 0 fully saturated rings. The molecule has 0 spiro atoms. The maximum Gasteiger partial charge on any atom is 0.255 e. The van der Waals surface area contributed by atoms with E-state index in [9.17, 15) is 4.79 Å². The van der Waals surface area contributed by atoms with E-state index in [1.807, 2.05) is 6.92 Å². The molecular formula is C21H26ClNO5. The van der Waals surface area contributed by atoms with Crippen LogP contribution in [0.2, 0.25) is 5.02 Å². The summed E-state index contributed by atoms with van der Waals surface area (Å²) in [5.74, 6) is 1.68. The number of nitrogens with one attached hydrogen (secondary N) is 1. The van der Waals surface area contributed by atoms with E-state index in [4.69, 9.17) is 30.5 Å². The van der Waals surface area contributed by atoms with Gasteiger partial charge in [-0.15, -0.1) is 0 Å². The van der Waals surface area contributed by atoms with Crippen molar-refractivity contribution in [2.75, 3.05) is 32.8 Å². The summed E-state index contributed by atoms with van der Waals surface area (Å²) in [6.07, 6.45) is 1.91. The Kier molecular flexibility index (Phi) is 8.26. The molecule has 0 aliphatic heterocycles. The van der Waals surface area contributed by atoms with Crippen LogP contribution >= 0.6 is 11.6 Å². The molecular weight excluding hydrogens is 382 g/mol. The maximum atomic E-state index is 12.7. The van der Waals surface area contributed by atoms with Crippen LogP contribution in [-0.4, -0.2) is 33.3 Å². The van der Waals surface area contributed by atoms with E-state index < -0.39 is 0 Å². The highest BCUT2D eigenvalue weighted by atomic mass is 35.5. The molecule has 2 aromatic carbocycles. The average molecular weight is 408 g/mol. The number of methoxy groups -OCH3 is 2. The SMILES string of the molecule is CCCCOc1c(Cl)cc(C(=O)Nc2ccc(OC)c(OC)c2)cc1OCC. The molecule has 0 bridgehead atoms. The summed E-state index contributed by atoms with van der Waals surface area (Å²) in [6.45, 7) is 4.91. The first-order valence-electron chi connectivity index (χ1n) is 9.16. The molecule has 1 amide bonds. The zero-order valence-corrected chi connectivity index (χ0v) is 17.4. The lowest BCUT2D eigenvalue weighted by Crippen LogP contribution is -2.13. The van der Waals surface area contributed by atoms with E-state index in [2.05, 4.69) is 12.2 Å². The molecule has 0 aliphatic rings. The second-order valence-electron chi connectivity index (χ2n) is 5.94. The molecule has 7 heteroatoms. The third-order valence-corrected chi connectivity index (χ3v) is 4.24. The summed E-state index contributed by atoms with van der Waals surface area (Å²) in [7, 11) is 3.09. The molecule has 0 saturated heterocycles.